The number of hydrogen-bond donors (Lipinski definition) is 0. The maximum atomic E-state index is 13.4. The van der Waals surface area contributed by atoms with Crippen LogP contribution >= 0.6 is 11.3 Å². The molecule has 0 radical (unpaired) electrons. The highest BCUT2D eigenvalue weighted by atomic mass is 32.1. The van der Waals surface area contributed by atoms with Gasteiger partial charge in [-0.3, -0.25) is 4.79 Å². The quantitative estimate of drug-likeness (QED) is 0.255. The molecule has 40 heavy (non-hydrogen) atoms. The number of benzene rings is 3. The normalized spacial score (nSPS) is 11.8. The fraction of sp³-hybridized carbons (Fsp3) is 0.161. The van der Waals surface area contributed by atoms with Crippen molar-refractivity contribution in [3.05, 3.63) is 105 Å². The summed E-state index contributed by atoms with van der Waals surface area (Å²) >= 11 is 1.31. The van der Waals surface area contributed by atoms with Crippen LogP contribution in [0.3, 0.4) is 0 Å². The molecule has 0 aliphatic carbocycles. The van der Waals surface area contributed by atoms with Crippen LogP contribution in [0.4, 0.5) is 0 Å². The molecule has 0 spiro atoms. The van der Waals surface area contributed by atoms with E-state index in [9.17, 15) is 4.79 Å². The van der Waals surface area contributed by atoms with E-state index < -0.39 is 0 Å². The van der Waals surface area contributed by atoms with Gasteiger partial charge in [0.1, 0.15) is 17.2 Å². The van der Waals surface area contributed by atoms with E-state index in [4.69, 9.17) is 14.6 Å². The highest BCUT2D eigenvalue weighted by Gasteiger charge is 2.16. The Hall–Kier alpha value is -4.76. The van der Waals surface area contributed by atoms with Gasteiger partial charge >= 0.3 is 0 Å². The molecule has 9 heteroatoms. The first-order valence-electron chi connectivity index (χ1n) is 13.1. The topological polar surface area (TPSA) is 83.5 Å². The van der Waals surface area contributed by atoms with Gasteiger partial charge in [-0.1, -0.05) is 29.5 Å². The Morgan fingerprint density at radius 2 is 1.62 bits per heavy atom. The van der Waals surface area contributed by atoms with Gasteiger partial charge in [-0.15, -0.1) is 5.10 Å². The molecule has 0 fully saturated rings. The van der Waals surface area contributed by atoms with Crippen LogP contribution in [0, 0.1) is 6.92 Å². The zero-order valence-corrected chi connectivity index (χ0v) is 23.2. The third-order valence-corrected chi connectivity index (χ3v) is 7.38. The maximum absolute atomic E-state index is 13.4. The molecule has 0 atom stereocenters. The molecule has 200 valence electrons. The van der Waals surface area contributed by atoms with E-state index in [1.165, 1.54) is 15.9 Å². The third kappa shape index (κ3) is 4.87. The lowest BCUT2D eigenvalue weighted by molar-refractivity contribution is 0.340. The Morgan fingerprint density at radius 1 is 0.900 bits per heavy atom. The molecule has 0 aliphatic rings. The molecule has 0 saturated carbocycles. The molecule has 0 amide bonds. The van der Waals surface area contributed by atoms with Crippen molar-refractivity contribution in [2.24, 2.45) is 0 Å². The van der Waals surface area contributed by atoms with Gasteiger partial charge in [0.15, 0.2) is 5.82 Å². The summed E-state index contributed by atoms with van der Waals surface area (Å²) in [6, 6.07) is 23.4. The molecular formula is C31H27N5O3S. The van der Waals surface area contributed by atoms with E-state index in [-0.39, 0.29) is 5.56 Å². The predicted molar refractivity (Wildman–Crippen MR) is 157 cm³/mol. The number of nitrogens with zero attached hydrogens (tertiary/aromatic N) is 5. The lowest BCUT2D eigenvalue weighted by Gasteiger charge is -2.08. The molecule has 6 aromatic rings. The number of aromatic nitrogens is 5. The first-order chi connectivity index (χ1) is 19.5. The van der Waals surface area contributed by atoms with Crippen LogP contribution in [0.2, 0.25) is 0 Å². The van der Waals surface area contributed by atoms with Crippen molar-refractivity contribution < 1.29 is 9.47 Å². The van der Waals surface area contributed by atoms with Gasteiger partial charge in [0, 0.05) is 22.9 Å². The molecule has 0 aliphatic heterocycles. The molecular weight excluding hydrogens is 522 g/mol. The van der Waals surface area contributed by atoms with Crippen molar-refractivity contribution in [1.82, 2.24) is 24.4 Å². The third-order valence-electron chi connectivity index (χ3n) is 6.42. The van der Waals surface area contributed by atoms with Crippen LogP contribution in [0.25, 0.3) is 39.4 Å². The Balaban J connectivity index is 1.43. The van der Waals surface area contributed by atoms with Crippen molar-refractivity contribution in [2.75, 3.05) is 13.2 Å². The number of fused-ring (bicyclic) bond motifs is 1. The van der Waals surface area contributed by atoms with E-state index in [0.29, 0.717) is 28.5 Å². The number of rotatable bonds is 8. The summed E-state index contributed by atoms with van der Waals surface area (Å²) in [6.07, 6.45) is 3.82. The average molecular weight is 550 g/mol. The van der Waals surface area contributed by atoms with Crippen LogP contribution in [0.1, 0.15) is 25.0 Å². The Bertz CT molecular complexity index is 1910. The van der Waals surface area contributed by atoms with Gasteiger partial charge in [-0.25, -0.2) is 4.68 Å². The van der Waals surface area contributed by atoms with Crippen molar-refractivity contribution in [3.8, 4) is 39.8 Å². The zero-order valence-electron chi connectivity index (χ0n) is 22.4. The minimum absolute atomic E-state index is 0.216. The molecule has 0 unspecified atom stereocenters. The van der Waals surface area contributed by atoms with Gasteiger partial charge in [-0.2, -0.15) is 14.6 Å². The van der Waals surface area contributed by atoms with Crippen molar-refractivity contribution in [2.45, 2.75) is 20.8 Å². The number of ether oxygens (including phenoxy) is 2. The minimum Gasteiger partial charge on any atom is -0.494 e. The second-order valence-corrected chi connectivity index (χ2v) is 10.1. The number of para-hydroxylation sites is 1. The Labute approximate surface area is 234 Å². The maximum Gasteiger partial charge on any atom is 0.291 e. The van der Waals surface area contributed by atoms with Gasteiger partial charge in [0.05, 0.1) is 23.4 Å². The highest BCUT2D eigenvalue weighted by molar-refractivity contribution is 7.15. The van der Waals surface area contributed by atoms with E-state index in [1.807, 2.05) is 111 Å². The van der Waals surface area contributed by atoms with Gasteiger partial charge in [0.25, 0.3) is 5.56 Å². The molecule has 6 rings (SSSR count). The minimum atomic E-state index is -0.216. The van der Waals surface area contributed by atoms with Gasteiger partial charge < -0.3 is 9.47 Å². The van der Waals surface area contributed by atoms with E-state index in [0.717, 1.165) is 45.1 Å². The van der Waals surface area contributed by atoms with Gasteiger partial charge in [0.2, 0.25) is 4.96 Å². The molecule has 3 aromatic carbocycles. The van der Waals surface area contributed by atoms with Crippen LogP contribution in [-0.4, -0.2) is 37.6 Å². The fourth-order valence-electron chi connectivity index (χ4n) is 4.54. The van der Waals surface area contributed by atoms with Crippen LogP contribution in [0.15, 0.2) is 83.8 Å². The second-order valence-electron chi connectivity index (χ2n) is 9.13. The summed E-state index contributed by atoms with van der Waals surface area (Å²) in [5, 5.41) is 9.43. The van der Waals surface area contributed by atoms with Gasteiger partial charge in [-0.05, 0) is 87.0 Å². The summed E-state index contributed by atoms with van der Waals surface area (Å²) in [7, 11) is 0. The first-order valence-corrected chi connectivity index (χ1v) is 13.9. The number of aryl methyl sites for hydroxylation is 1. The Kier molecular flexibility index (Phi) is 6.88. The van der Waals surface area contributed by atoms with Crippen molar-refractivity contribution in [1.29, 1.82) is 0 Å². The fourth-order valence-corrected chi connectivity index (χ4v) is 5.44. The SMILES string of the molecule is CCOc1ccc(-c2nc3sc(=Cc4cn(-c5ccccc5)nc4-c4ccc(OCC)cc4C)c(=O)n3n2)cc1. The summed E-state index contributed by atoms with van der Waals surface area (Å²) in [5.74, 6) is 2.09. The average Bonchev–Trinajstić information content (AvgIpc) is 3.65. The lowest BCUT2D eigenvalue weighted by Crippen LogP contribution is -2.23. The summed E-state index contributed by atoms with van der Waals surface area (Å²) in [6.45, 7) is 7.14. The number of thiazole rings is 1. The molecule has 8 nitrogen and oxygen atoms in total. The summed E-state index contributed by atoms with van der Waals surface area (Å²) in [5.41, 5.74) is 5.13. The number of hydrogen-bond acceptors (Lipinski definition) is 7. The predicted octanol–water partition coefficient (Wildman–Crippen LogP) is 5.32. The summed E-state index contributed by atoms with van der Waals surface area (Å²) < 4.78 is 14.9. The van der Waals surface area contributed by atoms with E-state index in [2.05, 4.69) is 10.1 Å². The van der Waals surface area contributed by atoms with E-state index >= 15 is 0 Å². The second kappa shape index (κ2) is 10.8. The van der Waals surface area contributed by atoms with E-state index in [1.54, 1.807) is 0 Å². The monoisotopic (exact) mass is 549 g/mol. The smallest absolute Gasteiger partial charge is 0.291 e. The molecule has 3 aromatic heterocycles. The zero-order chi connectivity index (χ0) is 27.6. The Morgan fingerprint density at radius 3 is 2.33 bits per heavy atom. The molecule has 0 saturated heterocycles. The van der Waals surface area contributed by atoms with Crippen LogP contribution in [0.5, 0.6) is 11.5 Å². The van der Waals surface area contributed by atoms with Crippen LogP contribution < -0.4 is 19.6 Å². The summed E-state index contributed by atoms with van der Waals surface area (Å²) in [4.78, 5) is 18.6. The standard InChI is InChI=1S/C31H27N5O3S/c1-4-38-24-13-11-21(12-14-24)29-32-31-36(34-29)30(37)27(40-31)18-22-19-35(23-9-7-6-8-10-23)33-28(22)26-16-15-25(39-5-2)17-20(26)3/h6-19H,4-5H2,1-3H3. The largest absolute Gasteiger partial charge is 0.494 e. The molecule has 0 bridgehead atoms. The first kappa shape index (κ1) is 25.5. The highest BCUT2D eigenvalue weighted by Crippen LogP contribution is 2.30. The van der Waals surface area contributed by atoms with Crippen molar-refractivity contribution >= 4 is 22.4 Å². The van der Waals surface area contributed by atoms with Crippen LogP contribution in [-0.2, 0) is 0 Å². The molecule has 0 N–H and O–H groups in total. The van der Waals surface area contributed by atoms with Crippen molar-refractivity contribution in [3.63, 3.8) is 0 Å². The molecule has 3 heterocycles. The lowest BCUT2D eigenvalue weighted by atomic mass is 10.0.